The van der Waals surface area contributed by atoms with Crippen molar-refractivity contribution in [3.8, 4) is 68.0 Å². The van der Waals surface area contributed by atoms with Gasteiger partial charge in [0.25, 0.3) is 6.33 Å². The molecule has 0 aliphatic heterocycles. The van der Waals surface area contributed by atoms with Crippen LogP contribution in [0.4, 0.5) is 0 Å². The van der Waals surface area contributed by atoms with Gasteiger partial charge in [-0.3, -0.25) is 4.57 Å². The van der Waals surface area contributed by atoms with Gasteiger partial charge in [-0.1, -0.05) is 212 Å². The van der Waals surface area contributed by atoms with Crippen LogP contribution in [0.5, 0.6) is 11.5 Å². The number of ether oxygens (including phenoxy) is 1. The third kappa shape index (κ3) is 8.49. The van der Waals surface area contributed by atoms with Gasteiger partial charge in [-0.2, -0.15) is 18.2 Å². The summed E-state index contributed by atoms with van der Waals surface area (Å²) in [7, 11) is 0. The summed E-state index contributed by atoms with van der Waals surface area (Å²) < 4.78 is 20.5. The first-order chi connectivity index (χ1) is 45.7. The van der Waals surface area contributed by atoms with Gasteiger partial charge in [-0.05, 0) is 94.5 Å². The SMILES string of the molecule is [Pt].[c-]1c(Oc2[c-]c3c(cc2)c2cc(-c4cccc5c6ccccc6n(-c6ccccc6)c45)ccc2n3-c2ccc(-n3c4ccccc4c4cccc(-n5c6ccccc6c6ccccc65)c43)cn2)cccc1-n1[c-][n+](-c2ccccc2-c2ccccc2)c2ccccc21. The van der Waals surface area contributed by atoms with Crippen molar-refractivity contribution in [2.45, 2.75) is 0 Å². The molecule has 6 heterocycles. The average molecular weight is 1370 g/mol. The van der Waals surface area contributed by atoms with E-state index in [1.165, 1.54) is 32.3 Å². The van der Waals surface area contributed by atoms with Gasteiger partial charge in [0.15, 0.2) is 0 Å². The third-order valence-electron chi connectivity index (χ3n) is 18.4. The number of rotatable bonds is 10. The topological polar surface area (TPSA) is 50.7 Å². The van der Waals surface area contributed by atoms with Crippen molar-refractivity contribution in [1.29, 1.82) is 0 Å². The van der Waals surface area contributed by atoms with E-state index in [4.69, 9.17) is 9.72 Å². The van der Waals surface area contributed by atoms with Crippen molar-refractivity contribution >= 4 is 98.3 Å². The van der Waals surface area contributed by atoms with E-state index in [0.29, 0.717) is 11.5 Å². The number of imidazole rings is 1. The van der Waals surface area contributed by atoms with Gasteiger partial charge in [0, 0.05) is 81.6 Å². The van der Waals surface area contributed by atoms with Crippen LogP contribution >= 0.6 is 0 Å². The quantitative estimate of drug-likeness (QED) is 0.101. The molecule has 0 aliphatic carbocycles. The summed E-state index contributed by atoms with van der Waals surface area (Å²) in [5.74, 6) is 1.83. The van der Waals surface area contributed by atoms with Crippen molar-refractivity contribution in [3.63, 3.8) is 0 Å². The van der Waals surface area contributed by atoms with Gasteiger partial charge in [-0.15, -0.1) is 29.7 Å². The van der Waals surface area contributed by atoms with Gasteiger partial charge in [-0.25, -0.2) is 4.98 Å². The average Bonchev–Trinajstić information content (AvgIpc) is 1.60. The maximum atomic E-state index is 6.90. The molecule has 13 aromatic carbocycles. The van der Waals surface area contributed by atoms with Gasteiger partial charge in [0.05, 0.1) is 67.4 Å². The fourth-order valence-electron chi connectivity index (χ4n) is 14.5. The molecular weight excluding hydrogens is 1320 g/mol. The minimum atomic E-state index is 0. The molecule has 0 spiro atoms. The first-order valence-corrected chi connectivity index (χ1v) is 31.0. The summed E-state index contributed by atoms with van der Waals surface area (Å²) in [4.78, 5) is 5.46. The van der Waals surface area contributed by atoms with Crippen LogP contribution in [0.1, 0.15) is 0 Å². The van der Waals surface area contributed by atoms with E-state index in [1.54, 1.807) is 0 Å². The molecule has 0 bridgehead atoms. The van der Waals surface area contributed by atoms with Crippen molar-refractivity contribution in [1.82, 2.24) is 27.8 Å². The van der Waals surface area contributed by atoms with E-state index in [9.17, 15) is 0 Å². The van der Waals surface area contributed by atoms with E-state index in [2.05, 4.69) is 325 Å². The molecule has 0 fully saturated rings. The minimum absolute atomic E-state index is 0. The number of nitrogens with zero attached hydrogens (tertiary/aromatic N) is 7. The summed E-state index contributed by atoms with van der Waals surface area (Å²) >= 11 is 0. The molecule has 0 amide bonds. The van der Waals surface area contributed by atoms with Crippen LogP contribution in [0.3, 0.4) is 0 Å². The Labute approximate surface area is 548 Å². The normalized spacial score (nSPS) is 11.8. The summed E-state index contributed by atoms with van der Waals surface area (Å²) in [6, 6.07) is 115. The third-order valence-corrected chi connectivity index (χ3v) is 18.4. The molecule has 0 radical (unpaired) electrons. The number of fused-ring (bicyclic) bond motifs is 13. The summed E-state index contributed by atoms with van der Waals surface area (Å²) in [5, 5.41) is 9.26. The van der Waals surface area contributed by atoms with Gasteiger partial charge < -0.3 is 27.6 Å². The molecule has 0 unspecified atom stereocenters. The first-order valence-electron chi connectivity index (χ1n) is 31.0. The second-order valence-electron chi connectivity index (χ2n) is 23.5. The van der Waals surface area contributed by atoms with Crippen LogP contribution in [0.25, 0.3) is 155 Å². The number of aromatic nitrogens is 7. The van der Waals surface area contributed by atoms with E-state index >= 15 is 0 Å². The fraction of sp³-hybridized carbons (Fsp3) is 0. The molecular formula is C84H51N7OPt-2. The molecule has 6 aromatic heterocycles. The molecule has 0 saturated heterocycles. The molecule has 9 heteroatoms. The molecule has 0 aliphatic rings. The zero-order valence-corrected chi connectivity index (χ0v) is 52.1. The second-order valence-corrected chi connectivity index (χ2v) is 23.5. The van der Waals surface area contributed by atoms with Crippen LogP contribution in [0.15, 0.2) is 310 Å². The van der Waals surface area contributed by atoms with Gasteiger partial charge in [0.2, 0.25) is 0 Å². The Balaban J connectivity index is 0.00000637. The monoisotopic (exact) mass is 1370 g/mol. The van der Waals surface area contributed by atoms with Gasteiger partial charge >= 0.3 is 0 Å². The molecule has 0 saturated carbocycles. The maximum Gasteiger partial charge on any atom is 0.268 e. The Morgan fingerprint density at radius 2 is 0.903 bits per heavy atom. The largest absolute Gasteiger partial charge is 0.510 e. The molecule has 440 valence electrons. The van der Waals surface area contributed by atoms with Crippen molar-refractivity contribution in [3.05, 3.63) is 328 Å². The molecule has 8 nitrogen and oxygen atoms in total. The van der Waals surface area contributed by atoms with E-state index in [1.807, 2.05) is 30.5 Å². The van der Waals surface area contributed by atoms with Crippen LogP contribution in [-0.2, 0) is 21.1 Å². The Morgan fingerprint density at radius 1 is 0.344 bits per heavy atom. The van der Waals surface area contributed by atoms with Crippen molar-refractivity contribution < 1.29 is 30.4 Å². The first kappa shape index (κ1) is 54.1. The molecule has 0 atom stereocenters. The molecule has 19 aromatic rings. The smallest absolute Gasteiger partial charge is 0.268 e. The Bertz CT molecular complexity index is 6120. The predicted molar refractivity (Wildman–Crippen MR) is 374 cm³/mol. The summed E-state index contributed by atoms with van der Waals surface area (Å²) in [6.45, 7) is 0. The summed E-state index contributed by atoms with van der Waals surface area (Å²) in [6.07, 6.45) is 5.73. The van der Waals surface area contributed by atoms with Crippen LogP contribution in [-0.4, -0.2) is 27.8 Å². The van der Waals surface area contributed by atoms with Crippen molar-refractivity contribution in [2.75, 3.05) is 0 Å². The second kappa shape index (κ2) is 21.7. The van der Waals surface area contributed by atoms with Gasteiger partial charge in [0.1, 0.15) is 5.82 Å². The van der Waals surface area contributed by atoms with E-state index < -0.39 is 0 Å². The zero-order chi connectivity index (χ0) is 60.4. The van der Waals surface area contributed by atoms with Crippen LogP contribution in [0.2, 0.25) is 0 Å². The number of hydrogen-bond acceptors (Lipinski definition) is 2. The number of para-hydroxylation sites is 10. The number of pyridine rings is 1. The fourth-order valence-corrected chi connectivity index (χ4v) is 14.5. The molecule has 0 N–H and O–H groups in total. The van der Waals surface area contributed by atoms with E-state index in [0.717, 1.165) is 122 Å². The Morgan fingerprint density at radius 3 is 1.62 bits per heavy atom. The standard InChI is InChI=1S/C84H51N7O.Pt/c1-3-22-55(23-4-1)62-28-7-12-36-72(62)87-54-86(78-41-17-18-42-79(78)87)58-26-19-27-60(51-58)92-61-46-47-68-71-50-56(63-33-20-34-69-66-31-10-13-37-73(66)88(83(63)69)57-24-5-2-6-25-57)44-48-77(71)91(81(68)52-61)82-49-45-59(53-85-82)89-74-38-14-11-32-67(74)70-35-21-43-80(84(70)89)90-75-39-15-8-29-64(75)65-30-9-16-40-76(65)90;/h1-50,53H;/q-2;. The van der Waals surface area contributed by atoms with Crippen LogP contribution < -0.4 is 9.30 Å². The van der Waals surface area contributed by atoms with Crippen LogP contribution in [0, 0.1) is 18.5 Å². The molecule has 19 rings (SSSR count). The zero-order valence-electron chi connectivity index (χ0n) is 49.8. The predicted octanol–water partition coefficient (Wildman–Crippen LogP) is 20.2. The number of hydrogen-bond donors (Lipinski definition) is 0. The summed E-state index contributed by atoms with van der Waals surface area (Å²) in [5.41, 5.74) is 20.1. The van der Waals surface area contributed by atoms with E-state index in [-0.39, 0.29) is 21.1 Å². The maximum absolute atomic E-state index is 6.90. The Kier molecular flexibility index (Phi) is 12.6. The molecule has 93 heavy (non-hydrogen) atoms. The Hall–Kier alpha value is -11.8. The van der Waals surface area contributed by atoms with Crippen molar-refractivity contribution in [2.24, 2.45) is 0 Å². The minimum Gasteiger partial charge on any atom is -0.510 e. The number of benzene rings is 13.